The predicted octanol–water partition coefficient (Wildman–Crippen LogP) is 1.26. The molecule has 1 aromatic carbocycles. The van der Waals surface area contributed by atoms with E-state index in [4.69, 9.17) is 16.2 Å². The van der Waals surface area contributed by atoms with Gasteiger partial charge >= 0.3 is 0 Å². The molecule has 0 fully saturated rings. The molecule has 0 saturated carbocycles. The molecule has 1 unspecified atom stereocenters. The number of carbonyl (C=O) groups excluding carboxylic acids is 1. The Balaban J connectivity index is 2.27. The maximum Gasteiger partial charge on any atom is 0.252 e. The van der Waals surface area contributed by atoms with Crippen LogP contribution >= 0.6 is 0 Å². The van der Waals surface area contributed by atoms with Crippen LogP contribution in [0.5, 0.6) is 5.75 Å². The van der Waals surface area contributed by atoms with Gasteiger partial charge in [0.25, 0.3) is 5.91 Å². The monoisotopic (exact) mass is 257 g/mol. The number of nitrogens with zero attached hydrogens (tertiary/aromatic N) is 1. The maximum absolute atomic E-state index is 11.3. The van der Waals surface area contributed by atoms with Gasteiger partial charge in [-0.3, -0.25) is 9.78 Å². The second-order valence-corrected chi connectivity index (χ2v) is 3.98. The van der Waals surface area contributed by atoms with E-state index in [1.54, 1.807) is 36.7 Å². The number of hydrogen-bond acceptors (Lipinski definition) is 4. The topological polar surface area (TPSA) is 91.2 Å². The first-order valence-electron chi connectivity index (χ1n) is 5.88. The molecule has 5 nitrogen and oxygen atoms in total. The van der Waals surface area contributed by atoms with Crippen molar-refractivity contribution in [2.45, 2.75) is 6.10 Å². The number of carbonyl (C=O) groups is 1. The van der Waals surface area contributed by atoms with Gasteiger partial charge in [-0.25, -0.2) is 0 Å². The minimum Gasteiger partial charge on any atom is -0.484 e. The Kier molecular flexibility index (Phi) is 4.10. The number of aromatic nitrogens is 1. The van der Waals surface area contributed by atoms with E-state index in [0.717, 1.165) is 5.56 Å². The van der Waals surface area contributed by atoms with Gasteiger partial charge < -0.3 is 16.2 Å². The molecule has 1 heterocycles. The highest BCUT2D eigenvalue weighted by Crippen LogP contribution is 2.24. The smallest absolute Gasteiger partial charge is 0.252 e. The van der Waals surface area contributed by atoms with E-state index in [1.807, 2.05) is 12.1 Å². The number of benzene rings is 1. The number of hydrogen-bond donors (Lipinski definition) is 2. The van der Waals surface area contributed by atoms with E-state index >= 15 is 0 Å². The van der Waals surface area contributed by atoms with E-state index < -0.39 is 5.91 Å². The molecule has 4 N–H and O–H groups in total. The Bertz CT molecular complexity index is 558. The Hall–Kier alpha value is -2.40. The molecule has 2 rings (SSSR count). The third-order valence-corrected chi connectivity index (χ3v) is 2.71. The fourth-order valence-corrected chi connectivity index (χ4v) is 1.76. The van der Waals surface area contributed by atoms with Crippen LogP contribution in [0, 0.1) is 0 Å². The summed E-state index contributed by atoms with van der Waals surface area (Å²) in [5, 5.41) is 0. The Morgan fingerprint density at radius 3 is 2.53 bits per heavy atom. The summed E-state index contributed by atoms with van der Waals surface area (Å²) in [5.41, 5.74) is 12.3. The molecule has 1 aromatic heterocycles. The fraction of sp³-hybridized carbons (Fsp3) is 0.143. The summed E-state index contributed by atoms with van der Waals surface area (Å²) in [6, 6.07) is 10.5. The van der Waals surface area contributed by atoms with Crippen molar-refractivity contribution in [1.29, 1.82) is 0 Å². The molecule has 5 heteroatoms. The van der Waals surface area contributed by atoms with Crippen molar-refractivity contribution in [3.05, 3.63) is 59.9 Å². The molecule has 0 saturated heterocycles. The third kappa shape index (κ3) is 3.08. The molecular formula is C14H15N3O2. The lowest BCUT2D eigenvalue weighted by Crippen LogP contribution is -2.20. The van der Waals surface area contributed by atoms with Crippen molar-refractivity contribution >= 4 is 5.91 Å². The summed E-state index contributed by atoms with van der Waals surface area (Å²) in [7, 11) is 0. The lowest BCUT2D eigenvalue weighted by molar-refractivity contribution is 0.0993. The van der Waals surface area contributed by atoms with Crippen molar-refractivity contribution in [2.75, 3.05) is 6.54 Å². The standard InChI is InChI=1S/C14H15N3O2/c15-9-13(10-5-7-17-8-6-10)19-12-4-2-1-3-11(12)14(16)18/h1-8,13H,9,15H2,(H2,16,18). The summed E-state index contributed by atoms with van der Waals surface area (Å²) in [6.07, 6.45) is 2.99. The van der Waals surface area contributed by atoms with Crippen molar-refractivity contribution in [3.63, 3.8) is 0 Å². The maximum atomic E-state index is 11.3. The highest BCUT2D eigenvalue weighted by Gasteiger charge is 2.15. The molecule has 2 aromatic rings. The lowest BCUT2D eigenvalue weighted by Gasteiger charge is -2.19. The molecule has 98 valence electrons. The second kappa shape index (κ2) is 5.97. The Morgan fingerprint density at radius 1 is 1.21 bits per heavy atom. The number of nitrogens with two attached hydrogens (primary N) is 2. The van der Waals surface area contributed by atoms with Gasteiger partial charge in [0.15, 0.2) is 0 Å². The van der Waals surface area contributed by atoms with Crippen LogP contribution in [0.2, 0.25) is 0 Å². The number of primary amides is 1. The van der Waals surface area contributed by atoms with Gasteiger partial charge in [-0.1, -0.05) is 12.1 Å². The molecule has 0 aliphatic rings. The van der Waals surface area contributed by atoms with Crippen LogP contribution in [0.1, 0.15) is 22.0 Å². The Morgan fingerprint density at radius 2 is 1.89 bits per heavy atom. The van der Waals surface area contributed by atoms with E-state index in [1.165, 1.54) is 0 Å². The quantitative estimate of drug-likeness (QED) is 0.843. The number of pyridine rings is 1. The summed E-state index contributed by atoms with van der Waals surface area (Å²) in [6.45, 7) is 0.289. The third-order valence-electron chi connectivity index (χ3n) is 2.71. The minimum absolute atomic E-state index is 0.289. The van der Waals surface area contributed by atoms with Gasteiger partial charge in [0.1, 0.15) is 11.9 Å². The van der Waals surface area contributed by atoms with Gasteiger partial charge in [-0.2, -0.15) is 0 Å². The first-order chi connectivity index (χ1) is 9.22. The van der Waals surface area contributed by atoms with Gasteiger partial charge in [-0.05, 0) is 29.8 Å². The van der Waals surface area contributed by atoms with Crippen LogP contribution in [0.4, 0.5) is 0 Å². The van der Waals surface area contributed by atoms with Gasteiger partial charge in [-0.15, -0.1) is 0 Å². The molecule has 1 amide bonds. The van der Waals surface area contributed by atoms with Crippen LogP contribution in [0.15, 0.2) is 48.8 Å². The Labute approximate surface area is 111 Å². The normalized spacial score (nSPS) is 11.8. The molecule has 0 bridgehead atoms. The van der Waals surface area contributed by atoms with Crippen molar-refractivity contribution in [3.8, 4) is 5.75 Å². The SMILES string of the molecule is NCC(Oc1ccccc1C(N)=O)c1ccncc1. The molecule has 1 atom stereocenters. The molecular weight excluding hydrogens is 242 g/mol. The van der Waals surface area contributed by atoms with Crippen molar-refractivity contribution in [2.24, 2.45) is 11.5 Å². The largest absolute Gasteiger partial charge is 0.484 e. The minimum atomic E-state index is -0.527. The van der Waals surface area contributed by atoms with E-state index in [0.29, 0.717) is 11.3 Å². The number of ether oxygens (including phenoxy) is 1. The number of para-hydroxylation sites is 1. The van der Waals surface area contributed by atoms with Crippen molar-refractivity contribution in [1.82, 2.24) is 4.98 Å². The van der Waals surface area contributed by atoms with Crippen molar-refractivity contribution < 1.29 is 9.53 Å². The average Bonchev–Trinajstić information content (AvgIpc) is 2.46. The molecule has 0 radical (unpaired) electrons. The summed E-state index contributed by atoms with van der Waals surface area (Å²) in [4.78, 5) is 15.3. The molecule has 0 spiro atoms. The molecule has 19 heavy (non-hydrogen) atoms. The summed E-state index contributed by atoms with van der Waals surface area (Å²) in [5.74, 6) is -0.0941. The molecule has 0 aliphatic heterocycles. The molecule has 0 aliphatic carbocycles. The first kappa shape index (κ1) is 13.0. The van der Waals surface area contributed by atoms with Gasteiger partial charge in [0.2, 0.25) is 0 Å². The van der Waals surface area contributed by atoms with E-state index in [-0.39, 0.29) is 12.6 Å². The average molecular weight is 257 g/mol. The first-order valence-corrected chi connectivity index (χ1v) is 5.88. The lowest BCUT2D eigenvalue weighted by atomic mass is 10.1. The zero-order chi connectivity index (χ0) is 13.7. The second-order valence-electron chi connectivity index (χ2n) is 3.98. The van der Waals surface area contributed by atoms with Gasteiger partial charge in [0, 0.05) is 18.9 Å². The van der Waals surface area contributed by atoms with Crippen LogP contribution in [0.25, 0.3) is 0 Å². The van der Waals surface area contributed by atoms with Crippen LogP contribution in [-0.4, -0.2) is 17.4 Å². The summed E-state index contributed by atoms with van der Waals surface area (Å²) < 4.78 is 5.79. The highest BCUT2D eigenvalue weighted by atomic mass is 16.5. The van der Waals surface area contributed by atoms with Crippen LogP contribution in [-0.2, 0) is 0 Å². The highest BCUT2D eigenvalue weighted by molar-refractivity contribution is 5.95. The predicted molar refractivity (Wildman–Crippen MR) is 71.6 cm³/mol. The zero-order valence-corrected chi connectivity index (χ0v) is 10.3. The zero-order valence-electron chi connectivity index (χ0n) is 10.3. The number of amides is 1. The van der Waals surface area contributed by atoms with Gasteiger partial charge in [0.05, 0.1) is 5.56 Å². The van der Waals surface area contributed by atoms with Crippen LogP contribution < -0.4 is 16.2 Å². The fourth-order valence-electron chi connectivity index (χ4n) is 1.76. The summed E-state index contributed by atoms with van der Waals surface area (Å²) >= 11 is 0. The van der Waals surface area contributed by atoms with E-state index in [9.17, 15) is 4.79 Å². The number of rotatable bonds is 5. The van der Waals surface area contributed by atoms with Crippen LogP contribution in [0.3, 0.4) is 0 Å². The van der Waals surface area contributed by atoms with E-state index in [2.05, 4.69) is 4.98 Å².